The molecule has 0 unspecified atom stereocenters. The number of anilines is 1. The molecule has 1 aromatic carbocycles. The summed E-state index contributed by atoms with van der Waals surface area (Å²) in [5.41, 5.74) is 0.701. The third-order valence-corrected chi connectivity index (χ3v) is 4.26. The van der Waals surface area contributed by atoms with Crippen molar-refractivity contribution in [3.63, 3.8) is 0 Å². The van der Waals surface area contributed by atoms with Gasteiger partial charge in [-0.3, -0.25) is 10.1 Å². The van der Waals surface area contributed by atoms with Gasteiger partial charge in [-0.15, -0.1) is 11.8 Å². The third-order valence-electron chi connectivity index (χ3n) is 3.11. The van der Waals surface area contributed by atoms with Crippen molar-refractivity contribution in [3.05, 3.63) is 24.3 Å². The van der Waals surface area contributed by atoms with Gasteiger partial charge in [-0.2, -0.15) is 0 Å². The Kier molecular flexibility index (Phi) is 5.34. The molecule has 0 saturated heterocycles. The van der Waals surface area contributed by atoms with Crippen LogP contribution in [0.3, 0.4) is 0 Å². The van der Waals surface area contributed by atoms with E-state index >= 15 is 0 Å². The van der Waals surface area contributed by atoms with Gasteiger partial charge in [0, 0.05) is 17.0 Å². The number of amides is 3. The van der Waals surface area contributed by atoms with Gasteiger partial charge in [-0.05, 0) is 45.1 Å². The van der Waals surface area contributed by atoms with E-state index < -0.39 is 6.03 Å². The quantitative estimate of drug-likeness (QED) is 0.879. The first-order chi connectivity index (χ1) is 10.3. The van der Waals surface area contributed by atoms with Gasteiger partial charge in [0.25, 0.3) is 0 Å². The Balaban J connectivity index is 1.98. The lowest BCUT2D eigenvalue weighted by Crippen LogP contribution is -2.50. The predicted molar refractivity (Wildman–Crippen MR) is 90.4 cm³/mol. The van der Waals surface area contributed by atoms with Crippen LogP contribution in [0.1, 0.15) is 27.2 Å². The number of thioether (sulfide) groups is 1. The van der Waals surface area contributed by atoms with E-state index in [-0.39, 0.29) is 18.0 Å². The average molecular weight is 321 g/mol. The molecule has 0 radical (unpaired) electrons. The molecule has 6 heteroatoms. The van der Waals surface area contributed by atoms with E-state index in [2.05, 4.69) is 16.7 Å². The highest BCUT2D eigenvalue weighted by Crippen LogP contribution is 2.33. The number of fused-ring (bicyclic) bond motifs is 1. The number of nitrogens with zero attached hydrogens (tertiary/aromatic N) is 1. The Hall–Kier alpha value is -1.69. The van der Waals surface area contributed by atoms with E-state index in [0.717, 1.165) is 24.4 Å². The Morgan fingerprint density at radius 1 is 1.27 bits per heavy atom. The Morgan fingerprint density at radius 3 is 2.73 bits per heavy atom. The standard InChI is InChI=1S/C16H23N3O2S/c1-16(2,3)18-15(21)17-14(20)11-19-9-6-10-22-13-8-5-4-7-12(13)19/h4-5,7-8H,6,9-11H2,1-3H3,(H2,17,18,20,21). The van der Waals surface area contributed by atoms with Gasteiger partial charge >= 0.3 is 6.03 Å². The summed E-state index contributed by atoms with van der Waals surface area (Å²) in [6, 6.07) is 7.63. The van der Waals surface area contributed by atoms with Crippen LogP contribution in [0.25, 0.3) is 0 Å². The van der Waals surface area contributed by atoms with Crippen molar-refractivity contribution in [2.45, 2.75) is 37.6 Å². The maximum Gasteiger partial charge on any atom is 0.321 e. The monoisotopic (exact) mass is 321 g/mol. The van der Waals surface area contributed by atoms with Crippen molar-refractivity contribution in [3.8, 4) is 0 Å². The maximum atomic E-state index is 12.1. The molecule has 5 nitrogen and oxygen atoms in total. The topological polar surface area (TPSA) is 61.4 Å². The molecule has 1 heterocycles. The van der Waals surface area contributed by atoms with Gasteiger partial charge < -0.3 is 10.2 Å². The minimum absolute atomic E-state index is 0.190. The summed E-state index contributed by atoms with van der Waals surface area (Å²) >= 11 is 1.81. The summed E-state index contributed by atoms with van der Waals surface area (Å²) in [4.78, 5) is 27.1. The van der Waals surface area contributed by atoms with E-state index in [1.807, 2.05) is 55.6 Å². The second-order valence-electron chi connectivity index (χ2n) is 6.34. The van der Waals surface area contributed by atoms with Crippen molar-refractivity contribution in [2.24, 2.45) is 0 Å². The van der Waals surface area contributed by atoms with Crippen LogP contribution in [0, 0.1) is 0 Å². The first kappa shape index (κ1) is 16.7. The number of para-hydroxylation sites is 1. The van der Waals surface area contributed by atoms with Crippen LogP contribution in [0.15, 0.2) is 29.2 Å². The van der Waals surface area contributed by atoms with Gasteiger partial charge in [0.15, 0.2) is 0 Å². The van der Waals surface area contributed by atoms with Gasteiger partial charge in [0.2, 0.25) is 5.91 Å². The van der Waals surface area contributed by atoms with E-state index in [1.54, 1.807) is 0 Å². The molecule has 0 aliphatic carbocycles. The van der Waals surface area contributed by atoms with Crippen molar-refractivity contribution in [1.29, 1.82) is 0 Å². The lowest BCUT2D eigenvalue weighted by molar-refractivity contribution is -0.118. The molecule has 3 amide bonds. The molecule has 1 aliphatic heterocycles. The van der Waals surface area contributed by atoms with Crippen LogP contribution in [0.2, 0.25) is 0 Å². The van der Waals surface area contributed by atoms with Crippen LogP contribution in [0.5, 0.6) is 0 Å². The summed E-state index contributed by atoms with van der Waals surface area (Å²) < 4.78 is 0. The minimum Gasteiger partial charge on any atom is -0.361 e. The van der Waals surface area contributed by atoms with Crippen molar-refractivity contribution in [1.82, 2.24) is 10.6 Å². The van der Waals surface area contributed by atoms with Crippen LogP contribution in [-0.4, -0.2) is 36.3 Å². The van der Waals surface area contributed by atoms with Crippen molar-refractivity contribution >= 4 is 29.4 Å². The first-order valence-corrected chi connectivity index (χ1v) is 8.42. The molecule has 22 heavy (non-hydrogen) atoms. The van der Waals surface area contributed by atoms with E-state index in [9.17, 15) is 9.59 Å². The molecule has 0 saturated carbocycles. The fourth-order valence-corrected chi connectivity index (χ4v) is 3.29. The highest BCUT2D eigenvalue weighted by atomic mass is 32.2. The van der Waals surface area contributed by atoms with E-state index in [0.29, 0.717) is 0 Å². The highest BCUT2D eigenvalue weighted by molar-refractivity contribution is 7.99. The highest BCUT2D eigenvalue weighted by Gasteiger charge is 2.20. The molecule has 0 bridgehead atoms. The van der Waals surface area contributed by atoms with Gasteiger partial charge in [0.1, 0.15) is 0 Å². The predicted octanol–water partition coefficient (Wildman–Crippen LogP) is 2.61. The van der Waals surface area contributed by atoms with Crippen LogP contribution in [0.4, 0.5) is 10.5 Å². The molecule has 0 fully saturated rings. The first-order valence-electron chi connectivity index (χ1n) is 7.44. The number of benzene rings is 1. The number of carbonyl (C=O) groups excluding carboxylic acids is 2. The van der Waals surface area contributed by atoms with Crippen LogP contribution < -0.4 is 15.5 Å². The number of urea groups is 1. The average Bonchev–Trinajstić information content (AvgIpc) is 2.59. The van der Waals surface area contributed by atoms with Gasteiger partial charge in [-0.1, -0.05) is 12.1 Å². The van der Waals surface area contributed by atoms with Gasteiger partial charge in [0.05, 0.1) is 12.2 Å². The zero-order chi connectivity index (χ0) is 16.2. The zero-order valence-corrected chi connectivity index (χ0v) is 14.1. The second kappa shape index (κ2) is 7.05. The molecular weight excluding hydrogens is 298 g/mol. The minimum atomic E-state index is -0.449. The van der Waals surface area contributed by atoms with E-state index in [4.69, 9.17) is 0 Å². The zero-order valence-electron chi connectivity index (χ0n) is 13.3. The molecule has 0 spiro atoms. The normalized spacial score (nSPS) is 14.8. The summed E-state index contributed by atoms with van der Waals surface area (Å²) in [6.45, 7) is 6.63. The summed E-state index contributed by atoms with van der Waals surface area (Å²) in [7, 11) is 0. The van der Waals surface area contributed by atoms with Crippen LogP contribution >= 0.6 is 11.8 Å². The fourth-order valence-electron chi connectivity index (χ4n) is 2.27. The Labute approximate surface area is 135 Å². The SMILES string of the molecule is CC(C)(C)NC(=O)NC(=O)CN1CCCSc2ccccc21. The number of rotatable bonds is 2. The summed E-state index contributed by atoms with van der Waals surface area (Å²) in [5.74, 6) is 0.753. The lowest BCUT2D eigenvalue weighted by atomic mass is 10.1. The van der Waals surface area contributed by atoms with E-state index in [1.165, 1.54) is 4.90 Å². The fraction of sp³-hybridized carbons (Fsp3) is 0.500. The number of nitrogens with one attached hydrogen (secondary N) is 2. The number of imide groups is 1. The third kappa shape index (κ3) is 4.94. The van der Waals surface area contributed by atoms with Crippen molar-refractivity contribution in [2.75, 3.05) is 23.7 Å². The summed E-state index contributed by atoms with van der Waals surface area (Å²) in [6.07, 6.45) is 1.01. The molecule has 0 atom stereocenters. The maximum absolute atomic E-state index is 12.1. The smallest absolute Gasteiger partial charge is 0.321 e. The number of carbonyl (C=O) groups is 2. The molecule has 0 aromatic heterocycles. The largest absolute Gasteiger partial charge is 0.361 e. The molecular formula is C16H23N3O2S. The molecule has 2 N–H and O–H groups in total. The molecule has 2 rings (SSSR count). The second-order valence-corrected chi connectivity index (χ2v) is 7.48. The Bertz CT molecular complexity index is 555. The Morgan fingerprint density at radius 2 is 2.00 bits per heavy atom. The van der Waals surface area contributed by atoms with Crippen molar-refractivity contribution < 1.29 is 9.59 Å². The number of hydrogen-bond acceptors (Lipinski definition) is 4. The molecule has 120 valence electrons. The molecule has 1 aliphatic rings. The van der Waals surface area contributed by atoms with Gasteiger partial charge in [-0.25, -0.2) is 4.79 Å². The number of hydrogen-bond donors (Lipinski definition) is 2. The lowest BCUT2D eigenvalue weighted by Gasteiger charge is -2.24. The summed E-state index contributed by atoms with van der Waals surface area (Å²) in [5, 5.41) is 5.12. The van der Waals surface area contributed by atoms with Crippen LogP contribution in [-0.2, 0) is 4.79 Å². The molecule has 1 aromatic rings.